The van der Waals surface area contributed by atoms with Gasteiger partial charge in [-0.05, 0) is 42.0 Å². The Hall–Kier alpha value is -3.25. The molecule has 0 bridgehead atoms. The Bertz CT molecular complexity index is 878. The van der Waals surface area contributed by atoms with Crippen molar-refractivity contribution in [2.75, 3.05) is 13.1 Å². The van der Waals surface area contributed by atoms with Gasteiger partial charge in [0.1, 0.15) is 11.5 Å². The molecule has 0 fully saturated rings. The summed E-state index contributed by atoms with van der Waals surface area (Å²) in [5.41, 5.74) is 1.22. The van der Waals surface area contributed by atoms with Crippen LogP contribution in [-0.4, -0.2) is 35.1 Å². The van der Waals surface area contributed by atoms with Gasteiger partial charge in [0.05, 0.1) is 0 Å². The van der Waals surface area contributed by atoms with E-state index in [-0.39, 0.29) is 36.4 Å². The highest BCUT2D eigenvalue weighted by atomic mass is 35.5. The van der Waals surface area contributed by atoms with E-state index < -0.39 is 0 Å². The molecular weight excluding hydrogens is 368 g/mol. The van der Waals surface area contributed by atoms with E-state index in [1.807, 2.05) is 6.07 Å². The van der Waals surface area contributed by atoms with Crippen LogP contribution < -0.4 is 10.6 Å². The van der Waals surface area contributed by atoms with Crippen molar-refractivity contribution in [3.05, 3.63) is 70.8 Å². The van der Waals surface area contributed by atoms with Crippen LogP contribution in [0, 0.1) is 0 Å². The van der Waals surface area contributed by atoms with E-state index in [4.69, 9.17) is 11.6 Å². The molecule has 27 heavy (non-hydrogen) atoms. The number of phenolic OH excluding ortho intramolecular Hbond substituents is 2. The summed E-state index contributed by atoms with van der Waals surface area (Å²) < 4.78 is 0. The fraction of sp³-hybridized carbons (Fsp3) is 0.100. The van der Waals surface area contributed by atoms with Gasteiger partial charge in [0, 0.05) is 41.9 Å². The Morgan fingerprint density at radius 2 is 1.59 bits per heavy atom. The first-order valence-corrected chi connectivity index (χ1v) is 8.51. The van der Waals surface area contributed by atoms with Crippen molar-refractivity contribution in [1.82, 2.24) is 10.6 Å². The summed E-state index contributed by atoms with van der Waals surface area (Å²) in [6.07, 6.45) is 5.72. The van der Waals surface area contributed by atoms with Gasteiger partial charge in [-0.15, -0.1) is 0 Å². The Balaban J connectivity index is 1.70. The van der Waals surface area contributed by atoms with Gasteiger partial charge < -0.3 is 20.8 Å². The summed E-state index contributed by atoms with van der Waals surface area (Å²) in [5.74, 6) is -0.841. The molecule has 0 saturated carbocycles. The first-order chi connectivity index (χ1) is 12.9. The molecule has 2 aromatic rings. The summed E-state index contributed by atoms with van der Waals surface area (Å²) in [6, 6.07) is 11.2. The number of carbonyl (C=O) groups is 2. The normalized spacial score (nSPS) is 11.0. The van der Waals surface area contributed by atoms with Crippen molar-refractivity contribution in [3.8, 4) is 11.5 Å². The van der Waals surface area contributed by atoms with E-state index in [1.54, 1.807) is 24.3 Å². The molecule has 0 aliphatic heterocycles. The lowest BCUT2D eigenvalue weighted by Crippen LogP contribution is -2.33. The summed E-state index contributed by atoms with van der Waals surface area (Å²) in [5, 5.41) is 24.7. The molecule has 0 saturated heterocycles. The van der Waals surface area contributed by atoms with Crippen LogP contribution in [0.15, 0.2) is 54.6 Å². The van der Waals surface area contributed by atoms with Crippen molar-refractivity contribution in [2.24, 2.45) is 0 Å². The van der Waals surface area contributed by atoms with Gasteiger partial charge in [-0.25, -0.2) is 0 Å². The number of amides is 2. The Morgan fingerprint density at radius 1 is 0.926 bits per heavy atom. The molecule has 2 aromatic carbocycles. The van der Waals surface area contributed by atoms with E-state index in [0.29, 0.717) is 10.6 Å². The average Bonchev–Trinajstić information content (AvgIpc) is 2.63. The number of benzene rings is 2. The van der Waals surface area contributed by atoms with Gasteiger partial charge in [-0.3, -0.25) is 9.59 Å². The zero-order valence-corrected chi connectivity index (χ0v) is 15.1. The maximum Gasteiger partial charge on any atom is 0.244 e. The van der Waals surface area contributed by atoms with Crippen LogP contribution in [-0.2, 0) is 9.59 Å². The molecule has 0 aromatic heterocycles. The lowest BCUT2D eigenvalue weighted by Gasteiger charge is -2.04. The number of carbonyl (C=O) groups excluding carboxylic acids is 2. The van der Waals surface area contributed by atoms with Crippen LogP contribution in [0.3, 0.4) is 0 Å². The number of aromatic hydroxyl groups is 2. The molecule has 2 rings (SSSR count). The topological polar surface area (TPSA) is 98.7 Å². The Kier molecular flexibility index (Phi) is 7.46. The smallest absolute Gasteiger partial charge is 0.244 e. The second kappa shape index (κ2) is 10.0. The average molecular weight is 387 g/mol. The molecule has 0 heterocycles. The number of hydrogen-bond donors (Lipinski definition) is 4. The first kappa shape index (κ1) is 20.1. The molecule has 140 valence electrons. The van der Waals surface area contributed by atoms with Crippen LogP contribution >= 0.6 is 11.6 Å². The van der Waals surface area contributed by atoms with Crippen molar-refractivity contribution < 1.29 is 19.8 Å². The van der Waals surface area contributed by atoms with E-state index in [1.165, 1.54) is 36.4 Å². The van der Waals surface area contributed by atoms with E-state index in [0.717, 1.165) is 5.56 Å². The fourth-order valence-electron chi connectivity index (χ4n) is 2.11. The predicted molar refractivity (Wildman–Crippen MR) is 105 cm³/mol. The third-order valence-electron chi connectivity index (χ3n) is 3.43. The van der Waals surface area contributed by atoms with Crippen LogP contribution in [0.5, 0.6) is 11.5 Å². The SMILES string of the molecule is O=C(/C=C/c1cccc(Cl)c1)NCCNC(=O)/C=C/c1ccc(O)cc1O. The van der Waals surface area contributed by atoms with E-state index in [9.17, 15) is 19.8 Å². The van der Waals surface area contributed by atoms with E-state index in [2.05, 4.69) is 10.6 Å². The second-order valence-electron chi connectivity index (χ2n) is 5.55. The minimum atomic E-state index is -0.369. The van der Waals surface area contributed by atoms with Gasteiger partial charge in [0.15, 0.2) is 0 Å². The molecule has 0 spiro atoms. The number of halogens is 1. The standard InChI is InChI=1S/C20H19ClN2O4/c21-16-3-1-2-14(12-16)4-8-19(26)22-10-11-23-20(27)9-6-15-5-7-17(24)13-18(15)25/h1-9,12-13,24-25H,10-11H2,(H,22,26)(H,23,27)/b8-4+,9-6+. The van der Waals surface area contributed by atoms with Crippen LogP contribution in [0.1, 0.15) is 11.1 Å². The Morgan fingerprint density at radius 3 is 2.22 bits per heavy atom. The van der Waals surface area contributed by atoms with E-state index >= 15 is 0 Å². The lowest BCUT2D eigenvalue weighted by atomic mass is 10.2. The molecule has 6 nitrogen and oxygen atoms in total. The van der Waals surface area contributed by atoms with Crippen LogP contribution in [0.25, 0.3) is 12.2 Å². The van der Waals surface area contributed by atoms with Crippen molar-refractivity contribution in [1.29, 1.82) is 0 Å². The lowest BCUT2D eigenvalue weighted by molar-refractivity contribution is -0.118. The highest BCUT2D eigenvalue weighted by molar-refractivity contribution is 6.30. The summed E-state index contributed by atoms with van der Waals surface area (Å²) in [6.45, 7) is 0.518. The quantitative estimate of drug-likeness (QED) is 0.434. The van der Waals surface area contributed by atoms with Gasteiger partial charge >= 0.3 is 0 Å². The molecule has 2 amide bonds. The van der Waals surface area contributed by atoms with Gasteiger partial charge in [0.25, 0.3) is 0 Å². The second-order valence-corrected chi connectivity index (χ2v) is 5.98. The summed E-state index contributed by atoms with van der Waals surface area (Å²) in [7, 11) is 0. The molecule has 0 atom stereocenters. The number of nitrogens with one attached hydrogen (secondary N) is 2. The fourth-order valence-corrected chi connectivity index (χ4v) is 2.31. The van der Waals surface area contributed by atoms with Crippen LogP contribution in [0.4, 0.5) is 0 Å². The zero-order valence-electron chi connectivity index (χ0n) is 14.4. The summed E-state index contributed by atoms with van der Waals surface area (Å²) in [4.78, 5) is 23.4. The van der Waals surface area contributed by atoms with Crippen molar-refractivity contribution >= 4 is 35.6 Å². The molecular formula is C20H19ClN2O4. The van der Waals surface area contributed by atoms with Crippen molar-refractivity contribution in [3.63, 3.8) is 0 Å². The van der Waals surface area contributed by atoms with Gasteiger partial charge in [-0.2, -0.15) is 0 Å². The maximum atomic E-state index is 11.7. The molecule has 0 radical (unpaired) electrons. The number of hydrogen-bond acceptors (Lipinski definition) is 4. The molecule has 7 heteroatoms. The molecule has 0 aliphatic rings. The zero-order chi connectivity index (χ0) is 19.6. The minimum Gasteiger partial charge on any atom is -0.508 e. The van der Waals surface area contributed by atoms with Gasteiger partial charge in [-0.1, -0.05) is 23.7 Å². The third-order valence-corrected chi connectivity index (χ3v) is 3.66. The monoisotopic (exact) mass is 386 g/mol. The third kappa shape index (κ3) is 7.25. The molecule has 4 N–H and O–H groups in total. The number of phenols is 2. The predicted octanol–water partition coefficient (Wildman–Crippen LogP) is 2.71. The molecule has 0 aliphatic carbocycles. The highest BCUT2D eigenvalue weighted by Crippen LogP contribution is 2.23. The van der Waals surface area contributed by atoms with Crippen molar-refractivity contribution in [2.45, 2.75) is 0 Å². The summed E-state index contributed by atoms with van der Waals surface area (Å²) >= 11 is 5.87. The number of rotatable bonds is 7. The first-order valence-electron chi connectivity index (χ1n) is 8.13. The minimum absolute atomic E-state index is 0.0609. The molecule has 0 unspecified atom stereocenters. The Labute approximate surface area is 161 Å². The highest BCUT2D eigenvalue weighted by Gasteiger charge is 2.01. The maximum absolute atomic E-state index is 11.7. The van der Waals surface area contributed by atoms with Crippen LogP contribution in [0.2, 0.25) is 5.02 Å². The van der Waals surface area contributed by atoms with Gasteiger partial charge in [0.2, 0.25) is 11.8 Å². The largest absolute Gasteiger partial charge is 0.508 e.